The van der Waals surface area contributed by atoms with Crippen molar-refractivity contribution < 1.29 is 23.8 Å². The maximum Gasteiger partial charge on any atom is 0.257 e. The second-order valence-electron chi connectivity index (χ2n) is 7.44. The minimum Gasteiger partial charge on any atom is -0.503 e. The third-order valence-electron chi connectivity index (χ3n) is 5.80. The number of amides is 1. The second-order valence-corrected chi connectivity index (χ2v) is 7.85. The zero-order valence-electron chi connectivity index (χ0n) is 16.8. The molecule has 7 nitrogen and oxygen atoms in total. The molecule has 1 aliphatic heterocycles. The average molecular weight is 437 g/mol. The predicted molar refractivity (Wildman–Crippen MR) is 108 cm³/mol. The summed E-state index contributed by atoms with van der Waals surface area (Å²) in [6, 6.07) is 4.36. The van der Waals surface area contributed by atoms with Crippen LogP contribution < -0.4 is 10.7 Å². The summed E-state index contributed by atoms with van der Waals surface area (Å²) in [5.74, 6) is -2.69. The molecule has 2 heterocycles. The van der Waals surface area contributed by atoms with Gasteiger partial charge in [0.2, 0.25) is 5.43 Å². The molecule has 160 valence electrons. The van der Waals surface area contributed by atoms with Gasteiger partial charge in [-0.15, -0.1) is 0 Å². The summed E-state index contributed by atoms with van der Waals surface area (Å²) < 4.78 is 20.8. The summed E-state index contributed by atoms with van der Waals surface area (Å²) in [5, 5.41) is 12.8. The lowest BCUT2D eigenvalue weighted by atomic mass is 9.73. The predicted octanol–water partition coefficient (Wildman–Crippen LogP) is 2.90. The molecule has 2 unspecified atom stereocenters. The molecule has 1 aliphatic rings. The smallest absolute Gasteiger partial charge is 0.257 e. The molecule has 1 aromatic carbocycles. The highest BCUT2D eigenvalue weighted by molar-refractivity contribution is 6.30. The Balaban J connectivity index is 1.96. The number of hydrogen-bond acceptors (Lipinski definition) is 5. The Hall–Kier alpha value is -2.71. The summed E-state index contributed by atoms with van der Waals surface area (Å²) in [6.45, 7) is 3.52. The van der Waals surface area contributed by atoms with Crippen LogP contribution in [0.4, 0.5) is 4.39 Å². The number of Topliss-reactive ketones (excluding diaryl/α,β-unsaturated/α-hetero) is 1. The first kappa shape index (κ1) is 22.0. The van der Waals surface area contributed by atoms with Crippen LogP contribution in [0.2, 0.25) is 5.02 Å². The highest BCUT2D eigenvalue weighted by atomic mass is 35.5. The molecule has 2 aromatic rings. The monoisotopic (exact) mass is 436 g/mol. The molecule has 0 fully saturated rings. The summed E-state index contributed by atoms with van der Waals surface area (Å²) in [4.78, 5) is 38.2. The lowest BCUT2D eigenvalue weighted by Crippen LogP contribution is -2.49. The van der Waals surface area contributed by atoms with Crippen LogP contribution in [-0.4, -0.2) is 34.6 Å². The second kappa shape index (κ2) is 8.20. The molecule has 1 aromatic heterocycles. The van der Waals surface area contributed by atoms with Crippen LogP contribution in [-0.2, 0) is 17.8 Å². The number of aromatic hydroxyl groups is 1. The quantitative estimate of drug-likeness (QED) is 0.751. The van der Waals surface area contributed by atoms with Crippen molar-refractivity contribution in [3.8, 4) is 5.75 Å². The van der Waals surface area contributed by atoms with Crippen LogP contribution in [0.25, 0.3) is 0 Å². The van der Waals surface area contributed by atoms with E-state index >= 15 is 0 Å². The Kier molecular flexibility index (Phi) is 6.01. The van der Waals surface area contributed by atoms with Crippen molar-refractivity contribution in [1.29, 1.82) is 0 Å². The fourth-order valence-corrected chi connectivity index (χ4v) is 3.86. The standard InChI is InChI=1S/C21H22ClFN2O5/c1-4-21(2)14(30-3)10-25-9-12(17(26)18(27)16(25)19(21)28)20(29)24-8-11-6-5-7-13(22)15(11)23/h5-7,9,14,27H,4,8,10H2,1-3H3,(H,24,29). The van der Waals surface area contributed by atoms with E-state index in [9.17, 15) is 23.9 Å². The normalized spacial score (nSPS) is 20.7. The molecule has 0 spiro atoms. The van der Waals surface area contributed by atoms with E-state index in [-0.39, 0.29) is 34.9 Å². The number of nitrogens with zero attached hydrogens (tertiary/aromatic N) is 1. The van der Waals surface area contributed by atoms with Crippen molar-refractivity contribution in [1.82, 2.24) is 9.88 Å². The number of pyridine rings is 1. The summed E-state index contributed by atoms with van der Waals surface area (Å²) in [5.41, 5.74) is -2.23. The van der Waals surface area contributed by atoms with Gasteiger partial charge in [-0.2, -0.15) is 0 Å². The Labute approximate surface area is 177 Å². The number of aromatic nitrogens is 1. The zero-order valence-corrected chi connectivity index (χ0v) is 17.5. The fraction of sp³-hybridized carbons (Fsp3) is 0.381. The SMILES string of the molecule is CCC1(C)C(=O)c2c(O)c(=O)c(C(=O)NCc3cccc(Cl)c3F)cn2CC1OC. The van der Waals surface area contributed by atoms with Gasteiger partial charge in [0.05, 0.1) is 23.1 Å². The van der Waals surface area contributed by atoms with Gasteiger partial charge in [0.1, 0.15) is 17.1 Å². The molecule has 1 amide bonds. The van der Waals surface area contributed by atoms with Gasteiger partial charge in [0, 0.05) is 25.4 Å². The van der Waals surface area contributed by atoms with Gasteiger partial charge in [-0.25, -0.2) is 4.39 Å². The van der Waals surface area contributed by atoms with Gasteiger partial charge in [-0.3, -0.25) is 14.4 Å². The van der Waals surface area contributed by atoms with E-state index in [4.69, 9.17) is 16.3 Å². The van der Waals surface area contributed by atoms with Gasteiger partial charge in [-0.1, -0.05) is 30.7 Å². The van der Waals surface area contributed by atoms with E-state index in [1.807, 2.05) is 6.92 Å². The third-order valence-corrected chi connectivity index (χ3v) is 6.09. The maximum atomic E-state index is 14.0. The van der Waals surface area contributed by atoms with Crippen molar-refractivity contribution in [3.05, 3.63) is 62.3 Å². The largest absolute Gasteiger partial charge is 0.503 e. The molecule has 0 radical (unpaired) electrons. The molecular weight excluding hydrogens is 415 g/mol. The molecule has 30 heavy (non-hydrogen) atoms. The van der Waals surface area contributed by atoms with E-state index < -0.39 is 40.2 Å². The zero-order chi connectivity index (χ0) is 22.2. The number of ether oxygens (including phenoxy) is 1. The number of nitrogens with one attached hydrogen (secondary N) is 1. The average Bonchev–Trinajstić information content (AvgIpc) is 2.73. The number of ketones is 1. The number of carbonyl (C=O) groups is 2. The minimum atomic E-state index is -0.965. The lowest BCUT2D eigenvalue weighted by Gasteiger charge is -2.40. The molecule has 0 bridgehead atoms. The number of halogens is 2. The minimum absolute atomic E-state index is 0.0867. The number of rotatable bonds is 5. The van der Waals surface area contributed by atoms with Gasteiger partial charge < -0.3 is 19.7 Å². The van der Waals surface area contributed by atoms with Gasteiger partial charge in [0.15, 0.2) is 11.5 Å². The molecule has 2 atom stereocenters. The van der Waals surface area contributed by atoms with E-state index in [0.717, 1.165) is 0 Å². The summed E-state index contributed by atoms with van der Waals surface area (Å²) in [7, 11) is 1.48. The summed E-state index contributed by atoms with van der Waals surface area (Å²) in [6.07, 6.45) is 1.17. The Morgan fingerprint density at radius 2 is 2.13 bits per heavy atom. The van der Waals surface area contributed by atoms with Gasteiger partial charge in [-0.05, 0) is 19.4 Å². The van der Waals surface area contributed by atoms with Crippen LogP contribution in [0.1, 0.15) is 46.7 Å². The molecule has 0 saturated carbocycles. The van der Waals surface area contributed by atoms with Crippen LogP contribution >= 0.6 is 11.6 Å². The van der Waals surface area contributed by atoms with E-state index in [0.29, 0.717) is 6.42 Å². The summed E-state index contributed by atoms with van der Waals surface area (Å²) >= 11 is 5.73. The number of methoxy groups -OCH3 is 1. The number of hydrogen-bond donors (Lipinski definition) is 2. The lowest BCUT2D eigenvalue weighted by molar-refractivity contribution is -0.0163. The fourth-order valence-electron chi connectivity index (χ4n) is 3.67. The van der Waals surface area contributed by atoms with Crippen molar-refractivity contribution in [2.45, 2.75) is 39.5 Å². The Morgan fingerprint density at radius 1 is 1.43 bits per heavy atom. The molecule has 9 heteroatoms. The van der Waals surface area contributed by atoms with Crippen molar-refractivity contribution in [3.63, 3.8) is 0 Å². The first-order valence-electron chi connectivity index (χ1n) is 9.40. The van der Waals surface area contributed by atoms with Crippen LogP contribution in [0, 0.1) is 11.2 Å². The molecule has 2 N–H and O–H groups in total. The van der Waals surface area contributed by atoms with Crippen molar-refractivity contribution in [2.24, 2.45) is 5.41 Å². The van der Waals surface area contributed by atoms with E-state index in [1.165, 1.54) is 36.1 Å². The van der Waals surface area contributed by atoms with E-state index in [1.54, 1.807) is 6.92 Å². The third kappa shape index (κ3) is 3.50. The van der Waals surface area contributed by atoms with Gasteiger partial charge in [0.25, 0.3) is 5.91 Å². The first-order chi connectivity index (χ1) is 14.2. The van der Waals surface area contributed by atoms with Crippen LogP contribution in [0.5, 0.6) is 5.75 Å². The Bertz CT molecular complexity index is 1080. The number of benzene rings is 1. The highest BCUT2D eigenvalue weighted by Crippen LogP contribution is 2.38. The topological polar surface area (TPSA) is 97.6 Å². The van der Waals surface area contributed by atoms with Crippen molar-refractivity contribution in [2.75, 3.05) is 7.11 Å². The van der Waals surface area contributed by atoms with E-state index in [2.05, 4.69) is 5.32 Å². The number of carbonyl (C=O) groups excluding carboxylic acids is 2. The van der Waals surface area contributed by atoms with Crippen LogP contribution in [0.3, 0.4) is 0 Å². The van der Waals surface area contributed by atoms with Gasteiger partial charge >= 0.3 is 0 Å². The molecule has 0 aliphatic carbocycles. The Morgan fingerprint density at radius 3 is 2.77 bits per heavy atom. The van der Waals surface area contributed by atoms with Crippen LogP contribution in [0.15, 0.2) is 29.2 Å². The molecule has 3 rings (SSSR count). The number of fused-ring (bicyclic) bond motifs is 1. The maximum absolute atomic E-state index is 14.0. The first-order valence-corrected chi connectivity index (χ1v) is 9.78. The van der Waals surface area contributed by atoms with Crippen molar-refractivity contribution >= 4 is 23.3 Å². The highest BCUT2D eigenvalue weighted by Gasteiger charge is 2.47. The molecular formula is C21H22ClFN2O5. The molecule has 0 saturated heterocycles.